The van der Waals surface area contributed by atoms with E-state index in [4.69, 9.17) is 4.74 Å². The van der Waals surface area contributed by atoms with Crippen LogP contribution < -0.4 is 0 Å². The molecule has 0 aromatic carbocycles. The standard InChI is InChI=1S/C15H26N2O4/c1-10(2)16(7-8-21-3)15(20)17-9-11-5-4-6-12(11)13(17)14(18)19/h10-13H,4-9H2,1-3H3,(H,18,19). The maximum atomic E-state index is 12.8. The SMILES string of the molecule is COCCN(C(=O)N1CC2CCCC2C1C(=O)O)C(C)C. The highest BCUT2D eigenvalue weighted by molar-refractivity contribution is 5.84. The van der Waals surface area contributed by atoms with Crippen LogP contribution in [0.2, 0.25) is 0 Å². The van der Waals surface area contributed by atoms with Crippen molar-refractivity contribution < 1.29 is 19.4 Å². The molecule has 1 saturated carbocycles. The number of carboxylic acid groups (broad SMARTS) is 1. The molecule has 2 rings (SSSR count). The third-order valence-electron chi connectivity index (χ3n) is 4.79. The Morgan fingerprint density at radius 2 is 2.10 bits per heavy atom. The molecule has 2 aliphatic rings. The highest BCUT2D eigenvalue weighted by Crippen LogP contribution is 2.42. The van der Waals surface area contributed by atoms with Crippen molar-refractivity contribution in [3.63, 3.8) is 0 Å². The topological polar surface area (TPSA) is 70.1 Å². The summed E-state index contributed by atoms with van der Waals surface area (Å²) in [6, 6.07) is -0.791. The number of urea groups is 1. The van der Waals surface area contributed by atoms with Crippen LogP contribution in [0.4, 0.5) is 4.79 Å². The van der Waals surface area contributed by atoms with Crippen molar-refractivity contribution >= 4 is 12.0 Å². The van der Waals surface area contributed by atoms with Gasteiger partial charge >= 0.3 is 12.0 Å². The van der Waals surface area contributed by atoms with Gasteiger partial charge in [-0.05, 0) is 38.5 Å². The van der Waals surface area contributed by atoms with E-state index in [1.54, 1.807) is 16.9 Å². The fraction of sp³-hybridized carbons (Fsp3) is 0.867. The molecule has 0 aromatic rings. The molecule has 2 fully saturated rings. The van der Waals surface area contributed by atoms with Gasteiger partial charge in [-0.15, -0.1) is 0 Å². The van der Waals surface area contributed by atoms with Gasteiger partial charge in [0.25, 0.3) is 0 Å². The number of hydrogen-bond acceptors (Lipinski definition) is 3. The van der Waals surface area contributed by atoms with E-state index >= 15 is 0 Å². The molecular formula is C15H26N2O4. The molecular weight excluding hydrogens is 272 g/mol. The number of carboxylic acids is 1. The van der Waals surface area contributed by atoms with Crippen LogP contribution in [0, 0.1) is 11.8 Å². The number of aliphatic carboxylic acids is 1. The Morgan fingerprint density at radius 3 is 2.67 bits per heavy atom. The second kappa shape index (κ2) is 6.64. The summed E-state index contributed by atoms with van der Waals surface area (Å²) in [5.41, 5.74) is 0. The molecule has 6 heteroatoms. The van der Waals surface area contributed by atoms with Crippen molar-refractivity contribution in [3.8, 4) is 0 Å². The van der Waals surface area contributed by atoms with Crippen LogP contribution in [-0.2, 0) is 9.53 Å². The minimum absolute atomic E-state index is 0.0301. The number of hydrogen-bond donors (Lipinski definition) is 1. The third kappa shape index (κ3) is 3.15. The zero-order valence-electron chi connectivity index (χ0n) is 13.1. The summed E-state index contributed by atoms with van der Waals surface area (Å²) in [6.07, 6.45) is 3.04. The summed E-state index contributed by atoms with van der Waals surface area (Å²) in [5, 5.41) is 9.54. The Morgan fingerprint density at radius 1 is 1.38 bits per heavy atom. The van der Waals surface area contributed by atoms with Crippen LogP contribution in [0.1, 0.15) is 33.1 Å². The summed E-state index contributed by atoms with van der Waals surface area (Å²) >= 11 is 0. The lowest BCUT2D eigenvalue weighted by atomic mass is 9.94. The average Bonchev–Trinajstić information content (AvgIpc) is 2.97. The number of carbonyl (C=O) groups is 2. The smallest absolute Gasteiger partial charge is 0.326 e. The third-order valence-corrected chi connectivity index (χ3v) is 4.79. The number of ether oxygens (including phenoxy) is 1. The van der Waals surface area contributed by atoms with E-state index in [1.165, 1.54) is 0 Å². The number of rotatable bonds is 5. The Kier molecular flexibility index (Phi) is 5.08. The van der Waals surface area contributed by atoms with Crippen LogP contribution >= 0.6 is 0 Å². The van der Waals surface area contributed by atoms with Crippen molar-refractivity contribution in [2.45, 2.75) is 45.2 Å². The molecule has 6 nitrogen and oxygen atoms in total. The number of likely N-dealkylation sites (tertiary alicyclic amines) is 1. The second-order valence-corrected chi connectivity index (χ2v) is 6.35. The van der Waals surface area contributed by atoms with Gasteiger partial charge in [0.05, 0.1) is 6.61 Å². The molecule has 0 radical (unpaired) electrons. The van der Waals surface area contributed by atoms with Gasteiger partial charge in [0.1, 0.15) is 6.04 Å². The highest BCUT2D eigenvalue weighted by atomic mass is 16.5. The van der Waals surface area contributed by atoms with Gasteiger partial charge in [0, 0.05) is 26.2 Å². The monoisotopic (exact) mass is 298 g/mol. The fourth-order valence-corrected chi connectivity index (χ4v) is 3.75. The van der Waals surface area contributed by atoms with Crippen LogP contribution in [0.25, 0.3) is 0 Å². The summed E-state index contributed by atoms with van der Waals surface area (Å²) in [7, 11) is 1.60. The molecule has 1 aliphatic carbocycles. The van der Waals surface area contributed by atoms with E-state index in [9.17, 15) is 14.7 Å². The summed E-state index contributed by atoms with van der Waals surface area (Å²) in [4.78, 5) is 27.7. The van der Waals surface area contributed by atoms with Crippen molar-refractivity contribution in [1.82, 2.24) is 9.80 Å². The summed E-state index contributed by atoms with van der Waals surface area (Å²) in [5.74, 6) is -0.387. The molecule has 0 spiro atoms. The molecule has 0 bridgehead atoms. The largest absolute Gasteiger partial charge is 0.480 e. The normalized spacial score (nSPS) is 28.0. The summed E-state index contributed by atoms with van der Waals surface area (Å²) in [6.45, 7) is 5.42. The van der Waals surface area contributed by atoms with Crippen LogP contribution in [-0.4, -0.2) is 65.8 Å². The quantitative estimate of drug-likeness (QED) is 0.838. The molecule has 0 aromatic heterocycles. The Bertz CT molecular complexity index is 399. The maximum absolute atomic E-state index is 12.8. The molecule has 21 heavy (non-hydrogen) atoms. The molecule has 1 aliphatic heterocycles. The molecule has 1 heterocycles. The van der Waals surface area contributed by atoms with Gasteiger partial charge in [0.15, 0.2) is 0 Å². The number of carbonyl (C=O) groups excluding carboxylic acids is 1. The van der Waals surface area contributed by atoms with E-state index in [2.05, 4.69) is 0 Å². The van der Waals surface area contributed by atoms with Crippen LogP contribution in [0.5, 0.6) is 0 Å². The van der Waals surface area contributed by atoms with Crippen molar-refractivity contribution in [2.24, 2.45) is 11.8 Å². The van der Waals surface area contributed by atoms with Crippen molar-refractivity contribution in [3.05, 3.63) is 0 Å². The number of nitrogens with zero attached hydrogens (tertiary/aromatic N) is 2. The first kappa shape index (κ1) is 16.1. The lowest BCUT2D eigenvalue weighted by Crippen LogP contribution is -2.52. The van der Waals surface area contributed by atoms with E-state index in [0.717, 1.165) is 19.3 Å². The minimum Gasteiger partial charge on any atom is -0.480 e. The van der Waals surface area contributed by atoms with Gasteiger partial charge in [-0.2, -0.15) is 0 Å². The predicted molar refractivity (Wildman–Crippen MR) is 78.1 cm³/mol. The predicted octanol–water partition coefficient (Wildman–Crippen LogP) is 1.65. The van der Waals surface area contributed by atoms with Gasteiger partial charge in [0.2, 0.25) is 0 Å². The first-order valence-corrected chi connectivity index (χ1v) is 7.76. The average molecular weight is 298 g/mol. The first-order chi connectivity index (χ1) is 9.97. The zero-order chi connectivity index (χ0) is 15.6. The molecule has 1 saturated heterocycles. The minimum atomic E-state index is -0.867. The zero-order valence-corrected chi connectivity index (χ0v) is 13.1. The van der Waals surface area contributed by atoms with Crippen LogP contribution in [0.3, 0.4) is 0 Å². The Hall–Kier alpha value is -1.30. The molecule has 2 amide bonds. The van der Waals surface area contributed by atoms with Gasteiger partial charge in [-0.3, -0.25) is 0 Å². The van der Waals surface area contributed by atoms with Gasteiger partial charge in [-0.25, -0.2) is 9.59 Å². The number of fused-ring (bicyclic) bond motifs is 1. The van der Waals surface area contributed by atoms with Gasteiger partial charge in [-0.1, -0.05) is 6.42 Å². The molecule has 3 unspecified atom stereocenters. The lowest BCUT2D eigenvalue weighted by Gasteiger charge is -2.33. The Balaban J connectivity index is 2.14. The lowest BCUT2D eigenvalue weighted by molar-refractivity contribution is -0.142. The number of amides is 2. The molecule has 3 atom stereocenters. The van der Waals surface area contributed by atoms with Crippen molar-refractivity contribution in [2.75, 3.05) is 26.8 Å². The van der Waals surface area contributed by atoms with E-state index in [-0.39, 0.29) is 18.0 Å². The Labute approximate surface area is 126 Å². The molecule has 120 valence electrons. The van der Waals surface area contributed by atoms with E-state index in [0.29, 0.717) is 25.6 Å². The highest BCUT2D eigenvalue weighted by Gasteiger charge is 2.50. The van der Waals surface area contributed by atoms with E-state index < -0.39 is 12.0 Å². The maximum Gasteiger partial charge on any atom is 0.326 e. The van der Waals surface area contributed by atoms with Crippen molar-refractivity contribution in [1.29, 1.82) is 0 Å². The second-order valence-electron chi connectivity index (χ2n) is 6.35. The fourth-order valence-electron chi connectivity index (χ4n) is 3.75. The molecule has 1 N–H and O–H groups in total. The number of methoxy groups -OCH3 is 1. The summed E-state index contributed by atoms with van der Waals surface area (Å²) < 4.78 is 5.06. The van der Waals surface area contributed by atoms with Crippen LogP contribution in [0.15, 0.2) is 0 Å². The first-order valence-electron chi connectivity index (χ1n) is 7.76. The van der Waals surface area contributed by atoms with E-state index in [1.807, 2.05) is 13.8 Å². The van der Waals surface area contributed by atoms with Gasteiger partial charge < -0.3 is 19.6 Å².